The molecule has 1 aliphatic heterocycles. The smallest absolute Gasteiger partial charge is 0.0305 e. The van der Waals surface area contributed by atoms with Crippen LogP contribution in [0.4, 0.5) is 0 Å². The molecule has 64 valence electrons. The molecule has 1 saturated heterocycles. The van der Waals surface area contributed by atoms with Gasteiger partial charge in [0.2, 0.25) is 0 Å². The monoisotopic (exact) mass is 162 g/mol. The summed E-state index contributed by atoms with van der Waals surface area (Å²) in [5, 5.41) is 3.38. The summed E-state index contributed by atoms with van der Waals surface area (Å²) in [4.78, 5) is 4.15. The van der Waals surface area contributed by atoms with Gasteiger partial charge in [-0.3, -0.25) is 4.98 Å². The third-order valence-corrected chi connectivity index (χ3v) is 2.73. The average molecular weight is 162 g/mol. The largest absolute Gasteiger partial charge is 0.316 e. The summed E-state index contributed by atoms with van der Waals surface area (Å²) in [6.07, 6.45) is 5.03. The summed E-state index contributed by atoms with van der Waals surface area (Å²) in [6, 6.07) is 4.18. The van der Waals surface area contributed by atoms with Crippen molar-refractivity contribution in [1.82, 2.24) is 10.3 Å². The molecule has 1 aromatic rings. The summed E-state index contributed by atoms with van der Waals surface area (Å²) in [5.41, 5.74) is 1.67. The Morgan fingerprint density at radius 3 is 3.08 bits per heavy atom. The Balaban J connectivity index is 2.29. The lowest BCUT2D eigenvalue weighted by Gasteiger charge is -2.22. The zero-order valence-corrected chi connectivity index (χ0v) is 7.38. The van der Waals surface area contributed by atoms with Crippen LogP contribution in [0.1, 0.15) is 18.9 Å². The van der Waals surface area contributed by atoms with E-state index in [1.807, 2.05) is 18.5 Å². The van der Waals surface area contributed by atoms with Gasteiger partial charge in [0.25, 0.3) is 0 Å². The van der Waals surface area contributed by atoms with Crippen LogP contribution in [-0.2, 0) is 5.41 Å². The molecular formula is C10H14N2. The Labute approximate surface area is 73.0 Å². The van der Waals surface area contributed by atoms with Gasteiger partial charge in [0.1, 0.15) is 0 Å². The molecule has 0 bridgehead atoms. The van der Waals surface area contributed by atoms with E-state index in [1.54, 1.807) is 0 Å². The molecule has 0 spiro atoms. The molecule has 12 heavy (non-hydrogen) atoms. The molecule has 0 aromatic carbocycles. The molecule has 2 heterocycles. The van der Waals surface area contributed by atoms with E-state index in [-0.39, 0.29) is 0 Å². The molecule has 0 amide bonds. The second-order valence-corrected chi connectivity index (χ2v) is 3.73. The summed E-state index contributed by atoms with van der Waals surface area (Å²) in [5.74, 6) is 0. The molecule has 2 nitrogen and oxygen atoms in total. The number of aromatic nitrogens is 1. The van der Waals surface area contributed by atoms with E-state index in [1.165, 1.54) is 12.0 Å². The lowest BCUT2D eigenvalue weighted by Crippen LogP contribution is -2.24. The second-order valence-electron chi connectivity index (χ2n) is 3.73. The molecular weight excluding hydrogens is 148 g/mol. The first-order valence-electron chi connectivity index (χ1n) is 4.42. The van der Waals surface area contributed by atoms with Crippen LogP contribution in [0.2, 0.25) is 0 Å². The van der Waals surface area contributed by atoms with Gasteiger partial charge in [0.15, 0.2) is 0 Å². The predicted octanol–water partition coefficient (Wildman–Crippen LogP) is 1.33. The van der Waals surface area contributed by atoms with Crippen molar-refractivity contribution in [3.63, 3.8) is 0 Å². The van der Waals surface area contributed by atoms with Gasteiger partial charge in [-0.2, -0.15) is 0 Å². The minimum atomic E-state index is 0.314. The normalized spacial score (nSPS) is 29.1. The first-order chi connectivity index (χ1) is 5.81. The summed E-state index contributed by atoms with van der Waals surface area (Å²) in [6.45, 7) is 4.51. The molecule has 0 aliphatic carbocycles. The van der Waals surface area contributed by atoms with Gasteiger partial charge >= 0.3 is 0 Å². The first-order valence-corrected chi connectivity index (χ1v) is 4.42. The van der Waals surface area contributed by atoms with E-state index in [0.717, 1.165) is 13.1 Å². The van der Waals surface area contributed by atoms with Crippen LogP contribution in [0.5, 0.6) is 0 Å². The Kier molecular flexibility index (Phi) is 1.85. The lowest BCUT2D eigenvalue weighted by atomic mass is 9.83. The fourth-order valence-electron chi connectivity index (χ4n) is 1.78. The standard InChI is InChI=1S/C10H14N2/c1-10(4-6-12-8-10)9-3-2-5-11-7-9/h2-3,5,7,12H,4,6,8H2,1H3/t10-/m0/s1. The van der Waals surface area contributed by atoms with Gasteiger partial charge in [0.05, 0.1) is 0 Å². The molecule has 0 unspecified atom stereocenters. The number of nitrogens with zero attached hydrogens (tertiary/aromatic N) is 1. The third kappa shape index (κ3) is 1.23. The molecule has 1 N–H and O–H groups in total. The van der Waals surface area contributed by atoms with Crippen molar-refractivity contribution in [2.24, 2.45) is 0 Å². The number of pyridine rings is 1. The van der Waals surface area contributed by atoms with Crippen LogP contribution < -0.4 is 5.32 Å². The minimum Gasteiger partial charge on any atom is -0.316 e. The molecule has 1 atom stereocenters. The van der Waals surface area contributed by atoms with Gasteiger partial charge in [-0.15, -0.1) is 0 Å². The highest BCUT2D eigenvalue weighted by molar-refractivity contribution is 5.22. The van der Waals surface area contributed by atoms with Crippen molar-refractivity contribution >= 4 is 0 Å². The van der Waals surface area contributed by atoms with Gasteiger partial charge in [-0.25, -0.2) is 0 Å². The molecule has 1 aliphatic rings. The van der Waals surface area contributed by atoms with Crippen molar-refractivity contribution in [2.45, 2.75) is 18.8 Å². The zero-order valence-electron chi connectivity index (χ0n) is 7.38. The SMILES string of the molecule is C[C@]1(c2cccnc2)CCNC1. The number of hydrogen-bond donors (Lipinski definition) is 1. The lowest BCUT2D eigenvalue weighted by molar-refractivity contribution is 0.523. The van der Waals surface area contributed by atoms with Crippen LogP contribution in [0.25, 0.3) is 0 Å². The van der Waals surface area contributed by atoms with Crippen LogP contribution in [0, 0.1) is 0 Å². The van der Waals surface area contributed by atoms with E-state index < -0.39 is 0 Å². The molecule has 2 rings (SSSR count). The van der Waals surface area contributed by atoms with Crippen LogP contribution in [0.15, 0.2) is 24.5 Å². The highest BCUT2D eigenvalue weighted by Crippen LogP contribution is 2.28. The fourth-order valence-corrected chi connectivity index (χ4v) is 1.78. The van der Waals surface area contributed by atoms with E-state index in [0.29, 0.717) is 5.41 Å². The minimum absolute atomic E-state index is 0.314. The Morgan fingerprint density at radius 2 is 2.50 bits per heavy atom. The topological polar surface area (TPSA) is 24.9 Å². The number of hydrogen-bond acceptors (Lipinski definition) is 2. The highest BCUT2D eigenvalue weighted by Gasteiger charge is 2.30. The van der Waals surface area contributed by atoms with Gasteiger partial charge in [-0.1, -0.05) is 13.0 Å². The van der Waals surface area contributed by atoms with E-state index in [9.17, 15) is 0 Å². The maximum Gasteiger partial charge on any atom is 0.0305 e. The van der Waals surface area contributed by atoms with Crippen LogP contribution >= 0.6 is 0 Å². The molecule has 1 aromatic heterocycles. The average Bonchev–Trinajstić information content (AvgIpc) is 2.55. The molecule has 0 radical (unpaired) electrons. The van der Waals surface area contributed by atoms with Crippen LogP contribution in [0.3, 0.4) is 0 Å². The molecule has 0 saturated carbocycles. The van der Waals surface area contributed by atoms with Crippen molar-refractivity contribution in [1.29, 1.82) is 0 Å². The summed E-state index contributed by atoms with van der Waals surface area (Å²) >= 11 is 0. The first kappa shape index (κ1) is 7.74. The summed E-state index contributed by atoms with van der Waals surface area (Å²) in [7, 11) is 0. The van der Waals surface area contributed by atoms with E-state index in [4.69, 9.17) is 0 Å². The Hall–Kier alpha value is -0.890. The predicted molar refractivity (Wildman–Crippen MR) is 49.1 cm³/mol. The quantitative estimate of drug-likeness (QED) is 0.674. The Bertz CT molecular complexity index is 250. The van der Waals surface area contributed by atoms with E-state index >= 15 is 0 Å². The maximum absolute atomic E-state index is 4.15. The van der Waals surface area contributed by atoms with Gasteiger partial charge < -0.3 is 5.32 Å². The Morgan fingerprint density at radius 1 is 1.58 bits per heavy atom. The number of rotatable bonds is 1. The maximum atomic E-state index is 4.15. The molecule has 2 heteroatoms. The number of nitrogens with one attached hydrogen (secondary N) is 1. The van der Waals surface area contributed by atoms with Crippen molar-refractivity contribution in [3.05, 3.63) is 30.1 Å². The van der Waals surface area contributed by atoms with E-state index in [2.05, 4.69) is 23.3 Å². The van der Waals surface area contributed by atoms with Gasteiger partial charge in [0, 0.05) is 24.4 Å². The molecule has 1 fully saturated rings. The third-order valence-electron chi connectivity index (χ3n) is 2.73. The highest BCUT2D eigenvalue weighted by atomic mass is 14.9. The van der Waals surface area contributed by atoms with Crippen molar-refractivity contribution in [3.8, 4) is 0 Å². The van der Waals surface area contributed by atoms with Crippen LogP contribution in [-0.4, -0.2) is 18.1 Å². The van der Waals surface area contributed by atoms with Crippen molar-refractivity contribution in [2.75, 3.05) is 13.1 Å². The summed E-state index contributed by atoms with van der Waals surface area (Å²) < 4.78 is 0. The van der Waals surface area contributed by atoms with Crippen molar-refractivity contribution < 1.29 is 0 Å². The van der Waals surface area contributed by atoms with Gasteiger partial charge in [-0.05, 0) is 24.6 Å². The zero-order chi connectivity index (χ0) is 8.44. The second kappa shape index (κ2) is 2.87. The fraction of sp³-hybridized carbons (Fsp3) is 0.500.